The Morgan fingerprint density at radius 3 is 2.17 bits per heavy atom. The van der Waals surface area contributed by atoms with Crippen molar-refractivity contribution in [1.82, 2.24) is 5.32 Å². The Kier molecular flexibility index (Phi) is 4.25. The summed E-state index contributed by atoms with van der Waals surface area (Å²) >= 11 is 0. The Labute approximate surface area is 108 Å². The second-order valence-electron chi connectivity index (χ2n) is 5.82. The Hall–Kier alpha value is -1.06. The maximum Gasteiger partial charge on any atom is 0.307 e. The molecule has 2 aliphatic carbocycles. The molecule has 0 heterocycles. The molecule has 0 aromatic heterocycles. The molecular weight excluding hydrogens is 230 g/mol. The van der Waals surface area contributed by atoms with E-state index in [4.69, 9.17) is 0 Å². The second kappa shape index (κ2) is 5.72. The molecule has 102 valence electrons. The minimum absolute atomic E-state index is 0.0403. The van der Waals surface area contributed by atoms with E-state index in [1.54, 1.807) is 0 Å². The highest BCUT2D eigenvalue weighted by Gasteiger charge is 2.37. The molecule has 3 unspecified atom stereocenters. The highest BCUT2D eigenvalue weighted by atomic mass is 16.4. The number of rotatable bonds is 4. The molecule has 18 heavy (non-hydrogen) atoms. The standard InChI is InChI=1S/C14H23NO3/c1-9(10-5-4-6-10)15-13(16)11-7-2-3-8-12(11)14(17)18/h9-12H,2-8H2,1H3,(H,15,16)(H,17,18). The van der Waals surface area contributed by atoms with Crippen LogP contribution in [0.2, 0.25) is 0 Å². The van der Waals surface area contributed by atoms with Gasteiger partial charge in [-0.3, -0.25) is 9.59 Å². The average molecular weight is 253 g/mol. The van der Waals surface area contributed by atoms with Gasteiger partial charge in [0.05, 0.1) is 11.8 Å². The first kappa shape index (κ1) is 13.4. The van der Waals surface area contributed by atoms with Crippen LogP contribution in [0.4, 0.5) is 0 Å². The van der Waals surface area contributed by atoms with Crippen LogP contribution in [-0.4, -0.2) is 23.0 Å². The van der Waals surface area contributed by atoms with E-state index >= 15 is 0 Å². The zero-order valence-corrected chi connectivity index (χ0v) is 11.0. The van der Waals surface area contributed by atoms with E-state index in [0.717, 1.165) is 19.3 Å². The van der Waals surface area contributed by atoms with Crippen LogP contribution in [0.5, 0.6) is 0 Å². The third-order valence-electron chi connectivity index (χ3n) is 4.65. The minimum atomic E-state index is -0.814. The van der Waals surface area contributed by atoms with E-state index in [0.29, 0.717) is 12.3 Å². The molecule has 2 fully saturated rings. The monoisotopic (exact) mass is 253 g/mol. The van der Waals surface area contributed by atoms with Crippen molar-refractivity contribution < 1.29 is 14.7 Å². The molecular formula is C14H23NO3. The van der Waals surface area contributed by atoms with Gasteiger partial charge in [0.2, 0.25) is 5.91 Å². The molecule has 0 saturated heterocycles. The summed E-state index contributed by atoms with van der Waals surface area (Å²) in [6, 6.07) is 0.197. The van der Waals surface area contributed by atoms with Gasteiger partial charge in [0.1, 0.15) is 0 Å². The summed E-state index contributed by atoms with van der Waals surface area (Å²) in [7, 11) is 0. The van der Waals surface area contributed by atoms with Gasteiger partial charge in [0.15, 0.2) is 0 Å². The van der Waals surface area contributed by atoms with Crippen molar-refractivity contribution in [3.8, 4) is 0 Å². The number of carbonyl (C=O) groups is 2. The van der Waals surface area contributed by atoms with Crippen LogP contribution in [0.1, 0.15) is 51.9 Å². The van der Waals surface area contributed by atoms with Crippen molar-refractivity contribution in [1.29, 1.82) is 0 Å². The number of hydrogen-bond acceptors (Lipinski definition) is 2. The van der Waals surface area contributed by atoms with Crippen molar-refractivity contribution in [3.05, 3.63) is 0 Å². The third-order valence-corrected chi connectivity index (χ3v) is 4.65. The zero-order chi connectivity index (χ0) is 13.1. The normalized spacial score (nSPS) is 30.3. The molecule has 2 saturated carbocycles. The fourth-order valence-corrected chi connectivity index (χ4v) is 3.13. The van der Waals surface area contributed by atoms with E-state index in [2.05, 4.69) is 5.32 Å². The molecule has 2 aliphatic rings. The van der Waals surface area contributed by atoms with Crippen LogP contribution in [0.25, 0.3) is 0 Å². The molecule has 4 heteroatoms. The number of aliphatic carboxylic acids is 1. The van der Waals surface area contributed by atoms with E-state index in [1.807, 2.05) is 6.92 Å². The average Bonchev–Trinajstić information content (AvgIpc) is 2.26. The second-order valence-corrected chi connectivity index (χ2v) is 5.82. The van der Waals surface area contributed by atoms with Crippen LogP contribution < -0.4 is 5.32 Å². The van der Waals surface area contributed by atoms with Gasteiger partial charge < -0.3 is 10.4 Å². The summed E-state index contributed by atoms with van der Waals surface area (Å²) in [6.45, 7) is 2.04. The summed E-state index contributed by atoms with van der Waals surface area (Å²) in [5.41, 5.74) is 0. The molecule has 3 atom stereocenters. The van der Waals surface area contributed by atoms with Crippen LogP contribution in [0.15, 0.2) is 0 Å². The highest BCUT2D eigenvalue weighted by Crippen LogP contribution is 2.32. The number of carboxylic acid groups (broad SMARTS) is 1. The Morgan fingerprint density at radius 1 is 1.06 bits per heavy atom. The quantitative estimate of drug-likeness (QED) is 0.807. The van der Waals surface area contributed by atoms with Gasteiger partial charge >= 0.3 is 5.97 Å². The lowest BCUT2D eigenvalue weighted by molar-refractivity contribution is -0.149. The summed E-state index contributed by atoms with van der Waals surface area (Å²) in [6.07, 6.45) is 6.90. The van der Waals surface area contributed by atoms with Crippen LogP contribution in [0.3, 0.4) is 0 Å². The van der Waals surface area contributed by atoms with Gasteiger partial charge in [0.25, 0.3) is 0 Å². The van der Waals surface area contributed by atoms with Gasteiger partial charge in [-0.25, -0.2) is 0 Å². The van der Waals surface area contributed by atoms with E-state index in [1.165, 1.54) is 19.3 Å². The zero-order valence-electron chi connectivity index (χ0n) is 11.0. The van der Waals surface area contributed by atoms with Gasteiger partial charge in [-0.05, 0) is 38.5 Å². The minimum Gasteiger partial charge on any atom is -0.481 e. The van der Waals surface area contributed by atoms with Crippen LogP contribution >= 0.6 is 0 Å². The lowest BCUT2D eigenvalue weighted by Gasteiger charge is -2.34. The Bertz CT molecular complexity index is 325. The van der Waals surface area contributed by atoms with E-state index < -0.39 is 11.9 Å². The third kappa shape index (κ3) is 2.85. The number of hydrogen-bond donors (Lipinski definition) is 2. The molecule has 0 bridgehead atoms. The Morgan fingerprint density at radius 2 is 1.67 bits per heavy atom. The summed E-state index contributed by atoms with van der Waals surface area (Å²) in [4.78, 5) is 23.4. The number of nitrogens with one attached hydrogen (secondary N) is 1. The first-order valence-electron chi connectivity index (χ1n) is 7.12. The van der Waals surface area contributed by atoms with Gasteiger partial charge in [-0.15, -0.1) is 0 Å². The van der Waals surface area contributed by atoms with Crippen molar-refractivity contribution in [2.24, 2.45) is 17.8 Å². The predicted molar refractivity (Wildman–Crippen MR) is 68.0 cm³/mol. The molecule has 4 nitrogen and oxygen atoms in total. The molecule has 0 aromatic carbocycles. The first-order chi connectivity index (χ1) is 8.59. The maximum absolute atomic E-state index is 12.2. The smallest absolute Gasteiger partial charge is 0.307 e. The number of carbonyl (C=O) groups excluding carboxylic acids is 1. The Balaban J connectivity index is 1.91. The molecule has 0 radical (unpaired) electrons. The predicted octanol–water partition coefficient (Wildman–Crippen LogP) is 2.18. The fourth-order valence-electron chi connectivity index (χ4n) is 3.13. The number of carboxylic acids is 1. The van der Waals surface area contributed by atoms with Crippen LogP contribution in [-0.2, 0) is 9.59 Å². The van der Waals surface area contributed by atoms with Crippen molar-refractivity contribution >= 4 is 11.9 Å². The summed E-state index contributed by atoms with van der Waals surface area (Å²) < 4.78 is 0. The lowest BCUT2D eigenvalue weighted by atomic mass is 9.77. The fraction of sp³-hybridized carbons (Fsp3) is 0.857. The van der Waals surface area contributed by atoms with Gasteiger partial charge in [-0.1, -0.05) is 19.3 Å². The molecule has 2 N–H and O–H groups in total. The van der Waals surface area contributed by atoms with Gasteiger partial charge in [0, 0.05) is 6.04 Å². The molecule has 0 spiro atoms. The number of amides is 1. The van der Waals surface area contributed by atoms with Crippen molar-refractivity contribution in [2.45, 2.75) is 57.9 Å². The van der Waals surface area contributed by atoms with Crippen LogP contribution in [0, 0.1) is 17.8 Å². The lowest BCUT2D eigenvalue weighted by Crippen LogP contribution is -2.46. The molecule has 2 rings (SSSR count). The molecule has 0 aliphatic heterocycles. The maximum atomic E-state index is 12.2. The molecule has 1 amide bonds. The van der Waals surface area contributed by atoms with Gasteiger partial charge in [-0.2, -0.15) is 0 Å². The largest absolute Gasteiger partial charge is 0.481 e. The summed E-state index contributed by atoms with van der Waals surface area (Å²) in [5, 5.41) is 12.2. The van der Waals surface area contributed by atoms with E-state index in [-0.39, 0.29) is 17.9 Å². The van der Waals surface area contributed by atoms with Crippen molar-refractivity contribution in [3.63, 3.8) is 0 Å². The summed E-state index contributed by atoms with van der Waals surface area (Å²) in [5.74, 6) is -1.06. The molecule has 0 aromatic rings. The first-order valence-corrected chi connectivity index (χ1v) is 7.12. The SMILES string of the molecule is CC(NC(=O)C1CCCCC1C(=O)O)C1CCC1. The van der Waals surface area contributed by atoms with E-state index in [9.17, 15) is 14.7 Å². The topological polar surface area (TPSA) is 66.4 Å². The van der Waals surface area contributed by atoms with Crippen molar-refractivity contribution in [2.75, 3.05) is 0 Å². The highest BCUT2D eigenvalue weighted by molar-refractivity contribution is 5.85.